The van der Waals surface area contributed by atoms with E-state index in [4.69, 9.17) is 14.2 Å². The second kappa shape index (κ2) is 14.9. The van der Waals surface area contributed by atoms with Crippen molar-refractivity contribution in [2.45, 2.75) is 52.5 Å². The number of guanidine groups is 1. The molecule has 0 spiro atoms. The van der Waals surface area contributed by atoms with Crippen molar-refractivity contribution in [2.75, 3.05) is 47.1 Å². The number of benzene rings is 1. The number of hydrogen-bond donors (Lipinski definition) is 2. The molecule has 2 N–H and O–H groups in total. The predicted octanol–water partition coefficient (Wildman–Crippen LogP) is 4.29. The Labute approximate surface area is 199 Å². The molecule has 0 saturated heterocycles. The number of nitrogens with zero attached hydrogens (tertiary/aromatic N) is 1. The fourth-order valence-electron chi connectivity index (χ4n) is 3.93. The second-order valence-corrected chi connectivity index (χ2v) is 7.89. The highest BCUT2D eigenvalue weighted by molar-refractivity contribution is 14.0. The zero-order valence-corrected chi connectivity index (χ0v) is 21.4. The third-order valence-electron chi connectivity index (χ3n) is 5.71. The van der Waals surface area contributed by atoms with Crippen molar-refractivity contribution >= 4 is 29.9 Å². The predicted molar refractivity (Wildman–Crippen MR) is 134 cm³/mol. The third-order valence-corrected chi connectivity index (χ3v) is 5.71. The van der Waals surface area contributed by atoms with Crippen LogP contribution in [0.5, 0.6) is 5.75 Å². The molecule has 7 heteroatoms. The molecule has 1 fully saturated rings. The molecule has 2 rings (SSSR count). The van der Waals surface area contributed by atoms with Crippen LogP contribution in [0.25, 0.3) is 0 Å². The van der Waals surface area contributed by atoms with E-state index < -0.39 is 0 Å². The van der Waals surface area contributed by atoms with Crippen molar-refractivity contribution in [3.63, 3.8) is 0 Å². The van der Waals surface area contributed by atoms with Gasteiger partial charge >= 0.3 is 0 Å². The summed E-state index contributed by atoms with van der Waals surface area (Å²) in [5, 5.41) is 6.99. The lowest BCUT2D eigenvalue weighted by Gasteiger charge is -2.30. The summed E-state index contributed by atoms with van der Waals surface area (Å²) in [4.78, 5) is 4.41. The van der Waals surface area contributed by atoms with Crippen LogP contribution in [-0.4, -0.2) is 53.1 Å². The van der Waals surface area contributed by atoms with Crippen molar-refractivity contribution in [1.29, 1.82) is 0 Å². The van der Waals surface area contributed by atoms with Crippen molar-refractivity contribution in [3.8, 4) is 5.75 Å². The van der Waals surface area contributed by atoms with Gasteiger partial charge in [-0.1, -0.05) is 25.0 Å². The fourth-order valence-corrected chi connectivity index (χ4v) is 3.93. The first-order valence-corrected chi connectivity index (χ1v) is 10.9. The molecule has 1 aromatic rings. The van der Waals surface area contributed by atoms with Gasteiger partial charge in [-0.05, 0) is 50.2 Å². The van der Waals surface area contributed by atoms with Crippen LogP contribution in [0.3, 0.4) is 0 Å². The van der Waals surface area contributed by atoms with Crippen LogP contribution in [0.4, 0.5) is 0 Å². The maximum atomic E-state index is 5.95. The van der Waals surface area contributed by atoms with E-state index in [0.29, 0.717) is 31.8 Å². The van der Waals surface area contributed by atoms with Crippen molar-refractivity contribution in [2.24, 2.45) is 10.4 Å². The monoisotopic (exact) mass is 533 g/mol. The van der Waals surface area contributed by atoms with Crippen LogP contribution in [0.1, 0.15) is 50.2 Å². The average molecular weight is 533 g/mol. The molecule has 0 atom stereocenters. The van der Waals surface area contributed by atoms with Gasteiger partial charge < -0.3 is 24.8 Å². The van der Waals surface area contributed by atoms with Crippen molar-refractivity contribution in [3.05, 3.63) is 29.3 Å². The van der Waals surface area contributed by atoms with Crippen LogP contribution in [-0.2, 0) is 16.0 Å². The fraction of sp³-hybridized carbons (Fsp3) is 0.696. The number of hydrogen-bond acceptors (Lipinski definition) is 4. The normalized spacial score (nSPS) is 15.5. The highest BCUT2D eigenvalue weighted by atomic mass is 127. The molecule has 30 heavy (non-hydrogen) atoms. The SMILES string of the molecule is CCOCCOc1cc(C)ccc1CNC(=NC)NCC1(CCOC)CCCC1.I. The molecular formula is C23H40IN3O3. The Kier molecular flexibility index (Phi) is 13.4. The molecule has 0 bridgehead atoms. The number of methoxy groups -OCH3 is 1. The van der Waals surface area contributed by atoms with Gasteiger partial charge in [0.15, 0.2) is 5.96 Å². The van der Waals surface area contributed by atoms with E-state index in [2.05, 4.69) is 40.7 Å². The Morgan fingerprint density at radius 1 is 1.13 bits per heavy atom. The molecule has 1 aliphatic rings. The first-order chi connectivity index (χ1) is 14.1. The number of ether oxygens (including phenoxy) is 3. The molecule has 1 aromatic carbocycles. The summed E-state index contributed by atoms with van der Waals surface area (Å²) in [6, 6.07) is 6.31. The minimum absolute atomic E-state index is 0. The Hall–Kier alpha value is -1.06. The third kappa shape index (κ3) is 8.98. The first kappa shape index (κ1) is 27.0. The van der Waals surface area contributed by atoms with Gasteiger partial charge in [-0.2, -0.15) is 0 Å². The lowest BCUT2D eigenvalue weighted by atomic mass is 9.83. The van der Waals surface area contributed by atoms with Gasteiger partial charge in [-0.3, -0.25) is 4.99 Å². The first-order valence-electron chi connectivity index (χ1n) is 10.9. The molecule has 6 nitrogen and oxygen atoms in total. The summed E-state index contributed by atoms with van der Waals surface area (Å²) in [6.07, 6.45) is 6.24. The molecule has 1 aliphatic carbocycles. The lowest BCUT2D eigenvalue weighted by molar-refractivity contribution is 0.110. The summed E-state index contributed by atoms with van der Waals surface area (Å²) < 4.78 is 16.7. The standard InChI is InChI=1S/C23H39N3O3.HI/c1-5-28-14-15-29-21-16-19(2)8-9-20(21)17-25-22(24-3)26-18-23(12-13-27-4)10-6-7-11-23;/h8-9,16H,5-7,10-15,17-18H2,1-4H3,(H2,24,25,26);1H. The summed E-state index contributed by atoms with van der Waals surface area (Å²) in [7, 11) is 3.60. The topological polar surface area (TPSA) is 64.1 Å². The summed E-state index contributed by atoms with van der Waals surface area (Å²) in [6.45, 7) is 8.35. The van der Waals surface area contributed by atoms with Gasteiger partial charge in [0.05, 0.1) is 6.61 Å². The largest absolute Gasteiger partial charge is 0.491 e. The Morgan fingerprint density at radius 3 is 2.57 bits per heavy atom. The molecule has 172 valence electrons. The molecular weight excluding hydrogens is 493 g/mol. The van der Waals surface area contributed by atoms with Crippen LogP contribution in [0.2, 0.25) is 0 Å². The number of rotatable bonds is 12. The quantitative estimate of drug-likeness (QED) is 0.182. The molecule has 0 amide bonds. The average Bonchev–Trinajstić information content (AvgIpc) is 3.20. The summed E-state index contributed by atoms with van der Waals surface area (Å²) >= 11 is 0. The Morgan fingerprint density at radius 2 is 1.90 bits per heavy atom. The van der Waals surface area contributed by atoms with Crippen LogP contribution in [0.15, 0.2) is 23.2 Å². The van der Waals surface area contributed by atoms with E-state index in [1.54, 1.807) is 7.11 Å². The minimum atomic E-state index is 0. The lowest BCUT2D eigenvalue weighted by Crippen LogP contribution is -2.43. The number of nitrogens with one attached hydrogen (secondary N) is 2. The van der Waals surface area contributed by atoms with Gasteiger partial charge in [-0.15, -0.1) is 24.0 Å². The zero-order chi connectivity index (χ0) is 21.0. The van der Waals surface area contributed by atoms with E-state index in [1.807, 2.05) is 14.0 Å². The van der Waals surface area contributed by atoms with E-state index in [-0.39, 0.29) is 24.0 Å². The van der Waals surface area contributed by atoms with Gasteiger partial charge in [-0.25, -0.2) is 0 Å². The molecule has 0 aromatic heterocycles. The Balaban J connectivity index is 0.00000450. The molecule has 0 heterocycles. The Bertz CT molecular complexity index is 634. The maximum Gasteiger partial charge on any atom is 0.191 e. The van der Waals surface area contributed by atoms with E-state index in [0.717, 1.165) is 36.8 Å². The van der Waals surface area contributed by atoms with Crippen LogP contribution < -0.4 is 15.4 Å². The smallest absolute Gasteiger partial charge is 0.191 e. The van der Waals surface area contributed by atoms with Gasteiger partial charge in [0.2, 0.25) is 0 Å². The highest BCUT2D eigenvalue weighted by Crippen LogP contribution is 2.40. The van der Waals surface area contributed by atoms with Gasteiger partial charge in [0.1, 0.15) is 12.4 Å². The zero-order valence-electron chi connectivity index (χ0n) is 19.1. The van der Waals surface area contributed by atoms with Crippen molar-refractivity contribution < 1.29 is 14.2 Å². The summed E-state index contributed by atoms with van der Waals surface area (Å²) in [5.41, 5.74) is 2.62. The maximum absolute atomic E-state index is 5.95. The number of aliphatic imine (C=N–C) groups is 1. The molecule has 1 saturated carbocycles. The molecule has 0 radical (unpaired) electrons. The van der Waals surface area contributed by atoms with E-state index in [1.165, 1.54) is 31.2 Å². The van der Waals surface area contributed by atoms with E-state index in [9.17, 15) is 0 Å². The number of halogens is 1. The summed E-state index contributed by atoms with van der Waals surface area (Å²) in [5.74, 6) is 1.73. The molecule has 0 unspecified atom stereocenters. The second-order valence-electron chi connectivity index (χ2n) is 7.89. The van der Waals surface area contributed by atoms with Gasteiger partial charge in [0.25, 0.3) is 0 Å². The minimum Gasteiger partial charge on any atom is -0.491 e. The highest BCUT2D eigenvalue weighted by Gasteiger charge is 2.33. The number of aryl methyl sites for hydroxylation is 1. The van der Waals surface area contributed by atoms with Crippen molar-refractivity contribution in [1.82, 2.24) is 10.6 Å². The molecule has 0 aliphatic heterocycles. The van der Waals surface area contributed by atoms with E-state index >= 15 is 0 Å². The van der Waals surface area contributed by atoms with Crippen LogP contribution >= 0.6 is 24.0 Å². The van der Waals surface area contributed by atoms with Crippen LogP contribution in [0, 0.1) is 12.3 Å². The van der Waals surface area contributed by atoms with Gasteiger partial charge in [0, 0.05) is 46.0 Å².